The van der Waals surface area contributed by atoms with Crippen molar-refractivity contribution in [2.75, 3.05) is 19.0 Å². The van der Waals surface area contributed by atoms with Crippen LogP contribution in [-0.2, 0) is 10.9 Å². The van der Waals surface area contributed by atoms with E-state index in [0.29, 0.717) is 13.0 Å². The highest BCUT2D eigenvalue weighted by Gasteiger charge is 2.36. The molecule has 4 nitrogen and oxygen atoms in total. The monoisotopic (exact) mass is 373 g/mol. The first-order valence-corrected chi connectivity index (χ1v) is 7.88. The van der Waals surface area contributed by atoms with Gasteiger partial charge in [0.1, 0.15) is 0 Å². The summed E-state index contributed by atoms with van der Waals surface area (Å²) in [4.78, 5) is 0. The number of halogens is 4. The van der Waals surface area contributed by atoms with Gasteiger partial charge >= 0.3 is 6.18 Å². The molecule has 1 atom stereocenters. The van der Waals surface area contributed by atoms with Crippen LogP contribution in [0.1, 0.15) is 23.7 Å². The molecule has 0 saturated carbocycles. The van der Waals surface area contributed by atoms with Gasteiger partial charge in [0, 0.05) is 12.6 Å². The van der Waals surface area contributed by atoms with E-state index in [2.05, 4.69) is 5.32 Å². The quantitative estimate of drug-likeness (QED) is 0.758. The van der Waals surface area contributed by atoms with Crippen molar-refractivity contribution in [3.8, 4) is 16.9 Å². The molecule has 0 bridgehead atoms. The van der Waals surface area contributed by atoms with Gasteiger partial charge in [-0.1, -0.05) is 23.7 Å². The van der Waals surface area contributed by atoms with Gasteiger partial charge in [-0.3, -0.25) is 0 Å². The maximum Gasteiger partial charge on any atom is 0.417 e. The van der Waals surface area contributed by atoms with Crippen molar-refractivity contribution in [1.82, 2.24) is 0 Å². The largest absolute Gasteiger partial charge is 0.504 e. The molecule has 1 aliphatic rings. The Morgan fingerprint density at radius 1 is 1.32 bits per heavy atom. The summed E-state index contributed by atoms with van der Waals surface area (Å²) in [5, 5.41) is 12.9. The number of hydrogen-bond donors (Lipinski definition) is 2. The smallest absolute Gasteiger partial charge is 0.417 e. The molecule has 2 N–H and O–H groups in total. The minimum absolute atomic E-state index is 0.0422. The Morgan fingerprint density at radius 2 is 2.08 bits per heavy atom. The second-order valence-corrected chi connectivity index (χ2v) is 5.95. The Balaban J connectivity index is 2.15. The predicted octanol–water partition coefficient (Wildman–Crippen LogP) is 5.38. The second-order valence-electron chi connectivity index (χ2n) is 5.57. The fourth-order valence-corrected chi connectivity index (χ4v) is 3.12. The van der Waals surface area contributed by atoms with Gasteiger partial charge in [0.05, 0.1) is 34.9 Å². The molecule has 1 aromatic carbocycles. The number of furan rings is 1. The van der Waals surface area contributed by atoms with Gasteiger partial charge in [0.25, 0.3) is 0 Å². The molecule has 2 heterocycles. The zero-order valence-corrected chi connectivity index (χ0v) is 13.9. The van der Waals surface area contributed by atoms with E-state index in [9.17, 15) is 18.3 Å². The third-order valence-electron chi connectivity index (χ3n) is 3.99. The summed E-state index contributed by atoms with van der Waals surface area (Å²) < 4.78 is 50.2. The Kier molecular flexibility index (Phi) is 4.60. The number of hydrogen-bond acceptors (Lipinski definition) is 4. The van der Waals surface area contributed by atoms with Crippen LogP contribution in [-0.4, -0.2) is 18.8 Å². The molecule has 1 aliphatic heterocycles. The summed E-state index contributed by atoms with van der Waals surface area (Å²) in [6.07, 6.45) is -0.677. The molecule has 0 fully saturated rings. The number of alkyl halides is 3. The summed E-state index contributed by atoms with van der Waals surface area (Å²) in [5.41, 5.74) is -0.830. The van der Waals surface area contributed by atoms with Crippen LogP contribution in [0.2, 0.25) is 5.02 Å². The maximum absolute atomic E-state index is 13.1. The topological polar surface area (TPSA) is 54.6 Å². The standard InChI is InChI=1S/C17H15ClF3NO3/c1-22-16-12(10-5-2-6-11(13(10)18)17(19,20)21)14(23)15(25-16)9-4-3-7-24-8-9/h2-3,5-7,9,22-23H,4,8H2,1H3. The lowest BCUT2D eigenvalue weighted by atomic mass is 9.98. The van der Waals surface area contributed by atoms with E-state index in [1.807, 2.05) is 0 Å². The van der Waals surface area contributed by atoms with Crippen LogP contribution in [0, 0.1) is 0 Å². The maximum atomic E-state index is 13.1. The summed E-state index contributed by atoms with van der Waals surface area (Å²) in [7, 11) is 1.55. The molecule has 3 rings (SSSR count). The van der Waals surface area contributed by atoms with Crippen molar-refractivity contribution in [3.05, 3.63) is 46.9 Å². The Bertz CT molecular complexity index is 814. The van der Waals surface area contributed by atoms with Gasteiger partial charge in [-0.2, -0.15) is 13.2 Å². The molecule has 25 heavy (non-hydrogen) atoms. The molecular weight excluding hydrogens is 359 g/mol. The van der Waals surface area contributed by atoms with E-state index in [4.69, 9.17) is 20.8 Å². The van der Waals surface area contributed by atoms with Crippen LogP contribution in [0.3, 0.4) is 0 Å². The van der Waals surface area contributed by atoms with Gasteiger partial charge in [-0.25, -0.2) is 0 Å². The van der Waals surface area contributed by atoms with Crippen molar-refractivity contribution in [3.63, 3.8) is 0 Å². The van der Waals surface area contributed by atoms with Crippen LogP contribution in [0.4, 0.5) is 19.1 Å². The van der Waals surface area contributed by atoms with E-state index in [-0.39, 0.29) is 34.4 Å². The van der Waals surface area contributed by atoms with E-state index >= 15 is 0 Å². The fraction of sp³-hybridized carbons (Fsp3) is 0.294. The highest BCUT2D eigenvalue weighted by atomic mass is 35.5. The Labute approximate surface area is 146 Å². The fourth-order valence-electron chi connectivity index (χ4n) is 2.80. The number of nitrogens with one attached hydrogen (secondary N) is 1. The molecule has 0 saturated heterocycles. The minimum Gasteiger partial charge on any atom is -0.504 e. The molecule has 0 amide bonds. The van der Waals surface area contributed by atoms with Crippen molar-refractivity contribution in [2.45, 2.75) is 18.5 Å². The molecule has 0 spiro atoms. The van der Waals surface area contributed by atoms with Crippen molar-refractivity contribution in [1.29, 1.82) is 0 Å². The van der Waals surface area contributed by atoms with Crippen molar-refractivity contribution >= 4 is 17.5 Å². The number of ether oxygens (including phenoxy) is 1. The van der Waals surface area contributed by atoms with Crippen LogP contribution in [0.5, 0.6) is 5.75 Å². The molecule has 1 unspecified atom stereocenters. The number of benzene rings is 1. The van der Waals surface area contributed by atoms with E-state index in [0.717, 1.165) is 6.07 Å². The summed E-state index contributed by atoms with van der Waals surface area (Å²) in [6, 6.07) is 3.54. The van der Waals surface area contributed by atoms with Gasteiger partial charge in [0.15, 0.2) is 11.5 Å². The molecule has 2 aromatic rings. The van der Waals surface area contributed by atoms with Crippen molar-refractivity contribution in [2.24, 2.45) is 0 Å². The summed E-state index contributed by atoms with van der Waals surface area (Å²) >= 11 is 5.99. The Hall–Kier alpha value is -2.28. The van der Waals surface area contributed by atoms with Crippen LogP contribution >= 0.6 is 11.6 Å². The lowest BCUT2D eigenvalue weighted by Crippen LogP contribution is -2.08. The van der Waals surface area contributed by atoms with E-state index < -0.39 is 16.8 Å². The molecular formula is C17H15ClF3NO3. The zero-order valence-electron chi connectivity index (χ0n) is 13.2. The summed E-state index contributed by atoms with van der Waals surface area (Å²) in [5.74, 6) is -0.0923. The molecule has 1 aromatic heterocycles. The summed E-state index contributed by atoms with van der Waals surface area (Å²) in [6.45, 7) is 0.302. The highest BCUT2D eigenvalue weighted by Crippen LogP contribution is 2.49. The first kappa shape index (κ1) is 17.5. The van der Waals surface area contributed by atoms with E-state index in [1.165, 1.54) is 12.1 Å². The third-order valence-corrected chi connectivity index (χ3v) is 4.40. The van der Waals surface area contributed by atoms with Crippen LogP contribution in [0.15, 0.2) is 35.0 Å². The lowest BCUT2D eigenvalue weighted by Gasteiger charge is -2.16. The zero-order chi connectivity index (χ0) is 18.2. The normalized spacial score (nSPS) is 17.4. The first-order chi connectivity index (χ1) is 11.8. The first-order valence-electron chi connectivity index (χ1n) is 7.50. The average molecular weight is 374 g/mol. The number of allylic oxidation sites excluding steroid dienone is 1. The van der Waals surface area contributed by atoms with Gasteiger partial charge in [0.2, 0.25) is 5.88 Å². The second kappa shape index (κ2) is 6.55. The van der Waals surface area contributed by atoms with Gasteiger partial charge in [-0.05, 0) is 18.6 Å². The molecule has 0 aliphatic carbocycles. The average Bonchev–Trinajstić information content (AvgIpc) is 2.91. The molecule has 134 valence electrons. The van der Waals surface area contributed by atoms with E-state index in [1.54, 1.807) is 19.4 Å². The number of aromatic hydroxyl groups is 1. The van der Waals surface area contributed by atoms with Crippen LogP contribution in [0.25, 0.3) is 11.1 Å². The molecule has 8 heteroatoms. The van der Waals surface area contributed by atoms with Gasteiger partial charge in [-0.15, -0.1) is 0 Å². The Morgan fingerprint density at radius 3 is 2.68 bits per heavy atom. The number of anilines is 1. The predicted molar refractivity (Wildman–Crippen MR) is 87.8 cm³/mol. The highest BCUT2D eigenvalue weighted by molar-refractivity contribution is 6.34. The van der Waals surface area contributed by atoms with Crippen molar-refractivity contribution < 1.29 is 27.4 Å². The SMILES string of the molecule is CNc1oc(C2CC=COC2)c(O)c1-c1cccc(C(F)(F)F)c1Cl. The minimum atomic E-state index is -4.60. The lowest BCUT2D eigenvalue weighted by molar-refractivity contribution is -0.137. The third kappa shape index (κ3) is 3.16. The number of rotatable bonds is 3. The van der Waals surface area contributed by atoms with Crippen LogP contribution < -0.4 is 5.32 Å². The molecule has 0 radical (unpaired) electrons. The van der Waals surface area contributed by atoms with Gasteiger partial charge < -0.3 is 19.6 Å².